The van der Waals surface area contributed by atoms with Gasteiger partial charge >= 0.3 is 6.18 Å². The molecule has 0 amide bonds. The van der Waals surface area contributed by atoms with E-state index in [1.54, 1.807) is 0 Å². The van der Waals surface area contributed by atoms with Crippen LogP contribution in [-0.4, -0.2) is 24.7 Å². The van der Waals surface area contributed by atoms with E-state index in [1.165, 1.54) is 23.3 Å². The summed E-state index contributed by atoms with van der Waals surface area (Å²) in [5.74, 6) is 0. The van der Waals surface area contributed by atoms with Gasteiger partial charge in [0, 0.05) is 22.8 Å². The smallest absolute Gasteiger partial charge is 0.326 e. The van der Waals surface area contributed by atoms with E-state index in [0.717, 1.165) is 9.75 Å². The Kier molecular flexibility index (Phi) is 4.12. The highest BCUT2D eigenvalue weighted by atomic mass is 32.1. The monoisotopic (exact) mass is 238 g/mol. The molecule has 0 aliphatic heterocycles. The molecule has 1 aromatic heterocycles. The quantitative estimate of drug-likeness (QED) is 0.871. The Bertz CT molecular complexity index is 309. The zero-order valence-electron chi connectivity index (χ0n) is 8.34. The summed E-state index contributed by atoms with van der Waals surface area (Å²) in [4.78, 5) is 3.14. The Labute approximate surface area is 90.5 Å². The zero-order chi connectivity index (χ0) is 11.5. The van der Waals surface area contributed by atoms with Crippen molar-refractivity contribution in [1.82, 2.24) is 4.90 Å². The van der Waals surface area contributed by atoms with Crippen LogP contribution in [0.5, 0.6) is 0 Å². The molecule has 0 radical (unpaired) electrons. The number of alkyl halides is 3. The van der Waals surface area contributed by atoms with Gasteiger partial charge < -0.3 is 5.73 Å². The molecule has 0 aliphatic rings. The first kappa shape index (κ1) is 12.5. The molecule has 1 aromatic rings. The van der Waals surface area contributed by atoms with Crippen LogP contribution in [0.25, 0.3) is 0 Å². The van der Waals surface area contributed by atoms with Crippen LogP contribution in [0.3, 0.4) is 0 Å². The minimum absolute atomic E-state index is 0.310. The highest BCUT2D eigenvalue weighted by Gasteiger charge is 2.29. The number of hydrogen-bond acceptors (Lipinski definition) is 3. The third-order valence-corrected chi connectivity index (χ3v) is 2.89. The molecule has 1 heterocycles. The van der Waals surface area contributed by atoms with E-state index in [0.29, 0.717) is 13.1 Å². The van der Waals surface area contributed by atoms with E-state index >= 15 is 0 Å². The van der Waals surface area contributed by atoms with Gasteiger partial charge in [0.25, 0.3) is 0 Å². The summed E-state index contributed by atoms with van der Waals surface area (Å²) in [6.45, 7) is -0.138. The van der Waals surface area contributed by atoms with Gasteiger partial charge in [0.1, 0.15) is 0 Å². The number of rotatable bonds is 4. The summed E-state index contributed by atoms with van der Waals surface area (Å²) < 4.78 is 36.1. The Morgan fingerprint density at radius 1 is 1.33 bits per heavy atom. The van der Waals surface area contributed by atoms with Gasteiger partial charge in [-0.05, 0) is 19.2 Å². The molecule has 0 fully saturated rings. The van der Waals surface area contributed by atoms with E-state index in [-0.39, 0.29) is 0 Å². The van der Waals surface area contributed by atoms with E-state index in [9.17, 15) is 13.2 Å². The van der Waals surface area contributed by atoms with Gasteiger partial charge in [0.05, 0.1) is 6.54 Å². The van der Waals surface area contributed by atoms with Crippen LogP contribution < -0.4 is 5.73 Å². The first-order chi connectivity index (χ1) is 6.90. The maximum atomic E-state index is 12.0. The molecule has 6 heteroatoms. The molecule has 15 heavy (non-hydrogen) atoms. The minimum atomic E-state index is -4.14. The molecule has 0 atom stereocenters. The average molecular weight is 238 g/mol. The van der Waals surface area contributed by atoms with Gasteiger partial charge in [-0.15, -0.1) is 11.3 Å². The van der Waals surface area contributed by atoms with E-state index in [2.05, 4.69) is 0 Å². The van der Waals surface area contributed by atoms with Crippen LogP contribution in [-0.2, 0) is 13.1 Å². The Morgan fingerprint density at radius 2 is 1.93 bits per heavy atom. The fraction of sp³-hybridized carbons (Fsp3) is 0.556. The third-order valence-electron chi connectivity index (χ3n) is 1.79. The Hall–Kier alpha value is -0.590. The van der Waals surface area contributed by atoms with Crippen molar-refractivity contribution in [3.8, 4) is 0 Å². The van der Waals surface area contributed by atoms with Crippen molar-refractivity contribution >= 4 is 11.3 Å². The Morgan fingerprint density at radius 3 is 2.40 bits per heavy atom. The predicted octanol–water partition coefficient (Wildman–Crippen LogP) is 2.20. The fourth-order valence-electron chi connectivity index (χ4n) is 1.24. The van der Waals surface area contributed by atoms with Crippen LogP contribution in [0.2, 0.25) is 0 Å². The van der Waals surface area contributed by atoms with Crippen molar-refractivity contribution in [2.24, 2.45) is 5.73 Å². The van der Waals surface area contributed by atoms with Crippen molar-refractivity contribution in [2.75, 3.05) is 13.6 Å². The van der Waals surface area contributed by atoms with Crippen molar-refractivity contribution < 1.29 is 13.2 Å². The Balaban J connectivity index is 2.47. The minimum Gasteiger partial charge on any atom is -0.326 e. The summed E-state index contributed by atoms with van der Waals surface area (Å²) in [6.07, 6.45) is -4.14. The van der Waals surface area contributed by atoms with Gasteiger partial charge in [-0.1, -0.05) is 0 Å². The molecule has 2 N–H and O–H groups in total. The predicted molar refractivity (Wildman–Crippen MR) is 54.6 cm³/mol. The molecule has 86 valence electrons. The first-order valence-electron chi connectivity index (χ1n) is 4.43. The molecule has 0 spiro atoms. The summed E-state index contributed by atoms with van der Waals surface area (Å²) in [6, 6.07) is 3.67. The second-order valence-corrected chi connectivity index (χ2v) is 4.61. The molecular formula is C9H13F3N2S. The summed E-state index contributed by atoms with van der Waals surface area (Å²) in [5.41, 5.74) is 5.41. The SMILES string of the molecule is CN(Cc1ccc(CN)s1)CC(F)(F)F. The number of nitrogens with zero attached hydrogens (tertiary/aromatic N) is 1. The molecule has 0 aromatic carbocycles. The topological polar surface area (TPSA) is 29.3 Å². The van der Waals surface area contributed by atoms with Crippen LogP contribution in [0.1, 0.15) is 9.75 Å². The lowest BCUT2D eigenvalue weighted by Crippen LogP contribution is -2.30. The zero-order valence-corrected chi connectivity index (χ0v) is 9.16. The largest absolute Gasteiger partial charge is 0.401 e. The molecule has 1 rings (SSSR count). The molecular weight excluding hydrogens is 225 g/mol. The van der Waals surface area contributed by atoms with Gasteiger partial charge in [-0.3, -0.25) is 4.90 Å². The van der Waals surface area contributed by atoms with Crippen molar-refractivity contribution in [3.63, 3.8) is 0 Å². The lowest BCUT2D eigenvalue weighted by atomic mass is 10.4. The van der Waals surface area contributed by atoms with Crippen molar-refractivity contribution in [2.45, 2.75) is 19.3 Å². The van der Waals surface area contributed by atoms with E-state index < -0.39 is 12.7 Å². The number of thiophene rings is 1. The number of nitrogens with two attached hydrogens (primary N) is 1. The van der Waals surface area contributed by atoms with Crippen LogP contribution in [0, 0.1) is 0 Å². The molecule has 0 saturated carbocycles. The van der Waals surface area contributed by atoms with Gasteiger partial charge in [-0.2, -0.15) is 13.2 Å². The van der Waals surface area contributed by atoms with Gasteiger partial charge in [0.15, 0.2) is 0 Å². The number of halogens is 3. The van der Waals surface area contributed by atoms with Crippen molar-refractivity contribution in [1.29, 1.82) is 0 Å². The fourth-order valence-corrected chi connectivity index (χ4v) is 2.22. The summed E-state index contributed by atoms with van der Waals surface area (Å²) in [5, 5.41) is 0. The maximum Gasteiger partial charge on any atom is 0.401 e. The second-order valence-electron chi connectivity index (χ2n) is 3.36. The summed E-state index contributed by atoms with van der Waals surface area (Å²) in [7, 11) is 1.45. The summed E-state index contributed by atoms with van der Waals surface area (Å²) >= 11 is 1.45. The first-order valence-corrected chi connectivity index (χ1v) is 5.25. The van der Waals surface area contributed by atoms with Crippen LogP contribution in [0.4, 0.5) is 13.2 Å². The van der Waals surface area contributed by atoms with Gasteiger partial charge in [0.2, 0.25) is 0 Å². The lowest BCUT2D eigenvalue weighted by Gasteiger charge is -2.17. The van der Waals surface area contributed by atoms with Gasteiger partial charge in [-0.25, -0.2) is 0 Å². The molecule has 0 aliphatic carbocycles. The van der Waals surface area contributed by atoms with E-state index in [4.69, 9.17) is 5.73 Å². The van der Waals surface area contributed by atoms with Crippen LogP contribution >= 0.6 is 11.3 Å². The third kappa shape index (κ3) is 4.63. The highest BCUT2D eigenvalue weighted by Crippen LogP contribution is 2.20. The van der Waals surface area contributed by atoms with Crippen molar-refractivity contribution in [3.05, 3.63) is 21.9 Å². The maximum absolute atomic E-state index is 12.0. The average Bonchev–Trinajstić information content (AvgIpc) is 2.48. The highest BCUT2D eigenvalue weighted by molar-refractivity contribution is 7.11. The lowest BCUT2D eigenvalue weighted by molar-refractivity contribution is -0.143. The standard InChI is InChI=1S/C9H13F3N2S/c1-14(6-9(10,11)12)5-8-3-2-7(4-13)15-8/h2-3H,4-6,13H2,1H3. The van der Waals surface area contributed by atoms with E-state index in [1.807, 2.05) is 12.1 Å². The number of hydrogen-bond donors (Lipinski definition) is 1. The van der Waals surface area contributed by atoms with Crippen LogP contribution in [0.15, 0.2) is 12.1 Å². The molecule has 0 saturated heterocycles. The molecule has 2 nitrogen and oxygen atoms in total. The normalized spacial score (nSPS) is 12.4. The molecule has 0 bridgehead atoms. The second kappa shape index (κ2) is 4.96. The molecule has 0 unspecified atom stereocenters.